The lowest BCUT2D eigenvalue weighted by Gasteiger charge is -2.17. The molecule has 1 unspecified atom stereocenters. The molecule has 0 saturated heterocycles. The summed E-state index contributed by atoms with van der Waals surface area (Å²) in [6.45, 7) is 6.09. The minimum atomic E-state index is 0.0518. The Kier molecular flexibility index (Phi) is 4.85. The molecule has 2 heterocycles. The molecule has 1 atom stereocenters. The van der Waals surface area contributed by atoms with Crippen molar-refractivity contribution in [2.24, 2.45) is 5.92 Å². The maximum absolute atomic E-state index is 12.3. The first-order valence-corrected chi connectivity index (χ1v) is 8.72. The summed E-state index contributed by atoms with van der Waals surface area (Å²) < 4.78 is 1.86. The van der Waals surface area contributed by atoms with Gasteiger partial charge in [-0.05, 0) is 57.9 Å². The molecule has 1 saturated carbocycles. The molecule has 1 aliphatic rings. The molecule has 1 fully saturated rings. The number of carbonyl (C=O) groups is 1. The standard InChI is InChI=1S/C18H26N4O2/c1-11-10-17-19-12(2)15(13(3)22(17)21-11)6-7-18(24)20-16(8-9-23)14-4-5-14/h10,14,16,23H,4-9H2,1-3H3,(H,20,24). The molecule has 0 radical (unpaired) electrons. The summed E-state index contributed by atoms with van der Waals surface area (Å²) in [6.07, 6.45) is 4.05. The lowest BCUT2D eigenvalue weighted by molar-refractivity contribution is -0.122. The summed E-state index contributed by atoms with van der Waals surface area (Å²) in [7, 11) is 0. The number of nitrogens with one attached hydrogen (secondary N) is 1. The number of carbonyl (C=O) groups excluding carboxylic acids is 1. The third kappa shape index (κ3) is 3.59. The average molecular weight is 330 g/mol. The van der Waals surface area contributed by atoms with Crippen molar-refractivity contribution in [1.29, 1.82) is 0 Å². The van der Waals surface area contributed by atoms with E-state index in [4.69, 9.17) is 5.11 Å². The topological polar surface area (TPSA) is 79.5 Å². The van der Waals surface area contributed by atoms with Gasteiger partial charge in [0, 0.05) is 36.5 Å². The van der Waals surface area contributed by atoms with Crippen molar-refractivity contribution in [1.82, 2.24) is 19.9 Å². The van der Waals surface area contributed by atoms with Gasteiger partial charge in [-0.2, -0.15) is 5.10 Å². The third-order valence-electron chi connectivity index (χ3n) is 4.87. The fourth-order valence-electron chi connectivity index (χ4n) is 3.38. The van der Waals surface area contributed by atoms with E-state index in [0.717, 1.165) is 41.1 Å². The number of nitrogens with zero attached hydrogens (tertiary/aromatic N) is 3. The van der Waals surface area contributed by atoms with Gasteiger partial charge in [0.1, 0.15) is 0 Å². The Morgan fingerprint density at radius 1 is 1.42 bits per heavy atom. The molecule has 1 amide bonds. The van der Waals surface area contributed by atoms with E-state index in [1.807, 2.05) is 31.4 Å². The lowest BCUT2D eigenvalue weighted by Crippen LogP contribution is -2.37. The van der Waals surface area contributed by atoms with Crippen molar-refractivity contribution in [3.8, 4) is 0 Å². The van der Waals surface area contributed by atoms with Crippen LogP contribution >= 0.6 is 0 Å². The SMILES string of the molecule is Cc1cc2nc(C)c(CCC(=O)NC(CCO)C3CC3)c(C)n2n1. The van der Waals surface area contributed by atoms with Crippen LogP contribution in [0.5, 0.6) is 0 Å². The molecule has 130 valence electrons. The number of aryl methyl sites for hydroxylation is 3. The summed E-state index contributed by atoms with van der Waals surface area (Å²) in [5.74, 6) is 0.602. The molecule has 3 rings (SSSR count). The van der Waals surface area contributed by atoms with Crippen LogP contribution in [0.3, 0.4) is 0 Å². The van der Waals surface area contributed by atoms with Gasteiger partial charge in [-0.25, -0.2) is 9.50 Å². The second-order valence-corrected chi connectivity index (χ2v) is 6.84. The molecule has 0 spiro atoms. The zero-order valence-corrected chi connectivity index (χ0v) is 14.7. The van der Waals surface area contributed by atoms with Gasteiger partial charge in [-0.3, -0.25) is 4.79 Å². The first kappa shape index (κ1) is 16.9. The van der Waals surface area contributed by atoms with Gasteiger partial charge in [-0.15, -0.1) is 0 Å². The highest BCUT2D eigenvalue weighted by molar-refractivity contribution is 5.76. The van der Waals surface area contributed by atoms with Crippen LogP contribution in [0.25, 0.3) is 5.65 Å². The van der Waals surface area contributed by atoms with Gasteiger partial charge in [0.05, 0.1) is 5.69 Å². The predicted molar refractivity (Wildman–Crippen MR) is 91.9 cm³/mol. The van der Waals surface area contributed by atoms with Crippen LogP contribution in [0.1, 0.15) is 48.3 Å². The van der Waals surface area contributed by atoms with E-state index in [9.17, 15) is 4.79 Å². The smallest absolute Gasteiger partial charge is 0.220 e. The number of fused-ring (bicyclic) bond motifs is 1. The highest BCUT2D eigenvalue weighted by atomic mass is 16.3. The molecule has 24 heavy (non-hydrogen) atoms. The summed E-state index contributed by atoms with van der Waals surface area (Å²) in [6, 6.07) is 2.09. The minimum absolute atomic E-state index is 0.0518. The monoisotopic (exact) mass is 330 g/mol. The van der Waals surface area contributed by atoms with Crippen molar-refractivity contribution in [3.63, 3.8) is 0 Å². The number of hydrogen-bond donors (Lipinski definition) is 2. The molecule has 0 aliphatic heterocycles. The Balaban J connectivity index is 1.67. The van der Waals surface area contributed by atoms with Crippen LogP contribution in [-0.4, -0.2) is 38.3 Å². The van der Waals surface area contributed by atoms with Gasteiger partial charge in [-0.1, -0.05) is 0 Å². The van der Waals surface area contributed by atoms with Crippen molar-refractivity contribution in [2.45, 2.75) is 58.9 Å². The fourth-order valence-corrected chi connectivity index (χ4v) is 3.38. The van der Waals surface area contributed by atoms with Crippen LogP contribution in [0.2, 0.25) is 0 Å². The molecular weight excluding hydrogens is 304 g/mol. The van der Waals surface area contributed by atoms with Crippen molar-refractivity contribution in [3.05, 3.63) is 28.7 Å². The molecule has 1 aliphatic carbocycles. The summed E-state index contributed by atoms with van der Waals surface area (Å²) in [5.41, 5.74) is 4.89. The summed E-state index contributed by atoms with van der Waals surface area (Å²) in [5, 5.41) is 16.7. The minimum Gasteiger partial charge on any atom is -0.396 e. The van der Waals surface area contributed by atoms with Crippen LogP contribution in [0.15, 0.2) is 6.07 Å². The molecule has 2 aromatic heterocycles. The first-order chi connectivity index (χ1) is 11.5. The average Bonchev–Trinajstić information content (AvgIpc) is 3.29. The summed E-state index contributed by atoms with van der Waals surface area (Å²) >= 11 is 0. The Labute approximate surface area is 142 Å². The van der Waals surface area contributed by atoms with E-state index in [1.54, 1.807) is 0 Å². The molecule has 2 N–H and O–H groups in total. The third-order valence-corrected chi connectivity index (χ3v) is 4.87. The number of aliphatic hydroxyl groups excluding tert-OH is 1. The van der Waals surface area contributed by atoms with Gasteiger partial charge in [0.15, 0.2) is 5.65 Å². The fraction of sp³-hybridized carbons (Fsp3) is 0.611. The second kappa shape index (κ2) is 6.89. The van der Waals surface area contributed by atoms with E-state index in [-0.39, 0.29) is 18.6 Å². The number of hydrogen-bond acceptors (Lipinski definition) is 4. The van der Waals surface area contributed by atoms with Crippen LogP contribution < -0.4 is 5.32 Å². The van der Waals surface area contributed by atoms with E-state index in [1.165, 1.54) is 0 Å². The summed E-state index contributed by atoms with van der Waals surface area (Å²) in [4.78, 5) is 16.9. The maximum Gasteiger partial charge on any atom is 0.220 e. The van der Waals surface area contributed by atoms with Crippen LogP contribution in [-0.2, 0) is 11.2 Å². The van der Waals surface area contributed by atoms with Gasteiger partial charge >= 0.3 is 0 Å². The predicted octanol–water partition coefficient (Wildman–Crippen LogP) is 1.86. The highest BCUT2D eigenvalue weighted by Gasteiger charge is 2.31. The zero-order chi connectivity index (χ0) is 17.3. The second-order valence-electron chi connectivity index (χ2n) is 6.84. The van der Waals surface area contributed by atoms with E-state index < -0.39 is 0 Å². The van der Waals surface area contributed by atoms with Crippen LogP contribution in [0.4, 0.5) is 0 Å². The molecule has 6 heteroatoms. The Hall–Kier alpha value is -1.95. The van der Waals surface area contributed by atoms with E-state index in [0.29, 0.717) is 25.2 Å². The lowest BCUT2D eigenvalue weighted by atomic mass is 10.1. The first-order valence-electron chi connectivity index (χ1n) is 8.72. The Morgan fingerprint density at radius 3 is 2.83 bits per heavy atom. The van der Waals surface area contributed by atoms with Gasteiger partial charge in [0.25, 0.3) is 0 Å². The quantitative estimate of drug-likeness (QED) is 0.812. The molecule has 6 nitrogen and oxygen atoms in total. The maximum atomic E-state index is 12.3. The highest BCUT2D eigenvalue weighted by Crippen LogP contribution is 2.34. The van der Waals surface area contributed by atoms with E-state index >= 15 is 0 Å². The Bertz CT molecular complexity index is 749. The molecule has 0 aromatic carbocycles. The van der Waals surface area contributed by atoms with Crippen LogP contribution in [0, 0.1) is 26.7 Å². The molecule has 0 bridgehead atoms. The molecule has 2 aromatic rings. The van der Waals surface area contributed by atoms with Crippen molar-refractivity contribution in [2.75, 3.05) is 6.61 Å². The zero-order valence-electron chi connectivity index (χ0n) is 14.7. The normalized spacial score (nSPS) is 15.7. The number of rotatable bonds is 7. The number of amides is 1. The molecular formula is C18H26N4O2. The number of aromatic nitrogens is 3. The van der Waals surface area contributed by atoms with E-state index in [2.05, 4.69) is 15.4 Å². The van der Waals surface area contributed by atoms with Crippen molar-refractivity contribution < 1.29 is 9.90 Å². The van der Waals surface area contributed by atoms with Crippen molar-refractivity contribution >= 4 is 11.6 Å². The Morgan fingerprint density at radius 2 is 2.17 bits per heavy atom. The van der Waals surface area contributed by atoms with Gasteiger partial charge < -0.3 is 10.4 Å². The largest absolute Gasteiger partial charge is 0.396 e. The van der Waals surface area contributed by atoms with Gasteiger partial charge in [0.2, 0.25) is 5.91 Å². The number of aliphatic hydroxyl groups is 1.